The second-order valence-corrected chi connectivity index (χ2v) is 5.73. The number of nitrogens with zero attached hydrogens (tertiary/aromatic N) is 3. The molecule has 1 N–H and O–H groups in total. The van der Waals surface area contributed by atoms with E-state index in [2.05, 4.69) is 34.5 Å². The van der Waals surface area contributed by atoms with E-state index in [1.165, 1.54) is 16.9 Å². The summed E-state index contributed by atoms with van der Waals surface area (Å²) in [6, 6.07) is 2.25. The Labute approximate surface area is 120 Å². The van der Waals surface area contributed by atoms with Crippen molar-refractivity contribution in [2.75, 3.05) is 5.32 Å². The van der Waals surface area contributed by atoms with Crippen LogP contribution in [0.1, 0.15) is 18.5 Å². The second-order valence-electron chi connectivity index (χ2n) is 4.46. The standard InChI is InChI=1S/C13H13ClN4S/c1-8(9-3-4-18(2)5-9)17-12-11-10(14)6-19-13(11)16-7-15-12/h3-8H,1-2H3,(H,15,16,17). The number of aryl methyl sites for hydroxylation is 1. The molecule has 0 aromatic carbocycles. The lowest BCUT2D eigenvalue weighted by Gasteiger charge is -2.13. The lowest BCUT2D eigenvalue weighted by atomic mass is 10.2. The summed E-state index contributed by atoms with van der Waals surface area (Å²) < 4.78 is 2.03. The van der Waals surface area contributed by atoms with E-state index in [1.807, 2.05) is 23.2 Å². The van der Waals surface area contributed by atoms with Gasteiger partial charge in [0, 0.05) is 24.8 Å². The van der Waals surface area contributed by atoms with Crippen LogP contribution < -0.4 is 5.32 Å². The van der Waals surface area contributed by atoms with Gasteiger partial charge in [0.2, 0.25) is 0 Å². The molecule has 3 aromatic heterocycles. The minimum absolute atomic E-state index is 0.162. The first-order valence-electron chi connectivity index (χ1n) is 5.91. The Bertz CT molecular complexity index is 718. The number of hydrogen-bond donors (Lipinski definition) is 1. The Balaban J connectivity index is 1.95. The van der Waals surface area contributed by atoms with Gasteiger partial charge in [-0.25, -0.2) is 9.97 Å². The van der Waals surface area contributed by atoms with E-state index in [0.29, 0.717) is 5.02 Å². The molecular formula is C13H13ClN4S. The van der Waals surface area contributed by atoms with Gasteiger partial charge < -0.3 is 9.88 Å². The minimum atomic E-state index is 0.162. The van der Waals surface area contributed by atoms with Crippen molar-refractivity contribution in [3.63, 3.8) is 0 Å². The van der Waals surface area contributed by atoms with E-state index < -0.39 is 0 Å². The zero-order valence-electron chi connectivity index (χ0n) is 10.6. The van der Waals surface area contributed by atoms with E-state index in [-0.39, 0.29) is 6.04 Å². The molecule has 4 nitrogen and oxygen atoms in total. The Kier molecular flexibility index (Phi) is 3.16. The maximum atomic E-state index is 6.20. The molecule has 19 heavy (non-hydrogen) atoms. The molecule has 3 heterocycles. The van der Waals surface area contributed by atoms with Crippen LogP contribution in [0.4, 0.5) is 5.82 Å². The van der Waals surface area contributed by atoms with Crippen molar-refractivity contribution in [3.8, 4) is 0 Å². The number of hydrogen-bond acceptors (Lipinski definition) is 4. The van der Waals surface area contributed by atoms with Crippen LogP contribution in [0.15, 0.2) is 30.2 Å². The molecule has 0 saturated heterocycles. The molecule has 98 valence electrons. The summed E-state index contributed by atoms with van der Waals surface area (Å²) in [5.74, 6) is 0.785. The summed E-state index contributed by atoms with van der Waals surface area (Å²) >= 11 is 7.73. The maximum Gasteiger partial charge on any atom is 0.140 e. The molecule has 3 rings (SSSR count). The smallest absolute Gasteiger partial charge is 0.140 e. The molecule has 0 radical (unpaired) electrons. The largest absolute Gasteiger partial charge is 0.363 e. The van der Waals surface area contributed by atoms with Gasteiger partial charge in [0.25, 0.3) is 0 Å². The topological polar surface area (TPSA) is 42.7 Å². The SMILES string of the molecule is CC(Nc1ncnc2scc(Cl)c12)c1ccn(C)c1. The van der Waals surface area contributed by atoms with Crippen molar-refractivity contribution >= 4 is 39.0 Å². The first kappa shape index (κ1) is 12.4. The maximum absolute atomic E-state index is 6.20. The molecule has 1 unspecified atom stereocenters. The van der Waals surface area contributed by atoms with Gasteiger partial charge in [-0.1, -0.05) is 11.6 Å². The molecule has 6 heteroatoms. The van der Waals surface area contributed by atoms with Crippen LogP contribution in [-0.4, -0.2) is 14.5 Å². The summed E-state index contributed by atoms with van der Waals surface area (Å²) in [7, 11) is 2.01. The Morgan fingerprint density at radius 3 is 3.00 bits per heavy atom. The monoisotopic (exact) mass is 292 g/mol. The molecule has 0 saturated carbocycles. The quantitative estimate of drug-likeness (QED) is 0.797. The molecule has 0 amide bonds. The predicted octanol–water partition coefficient (Wildman–Crippen LogP) is 3.86. The fraction of sp³-hybridized carbons (Fsp3) is 0.231. The average Bonchev–Trinajstić information content (AvgIpc) is 2.97. The molecular weight excluding hydrogens is 280 g/mol. The molecule has 3 aromatic rings. The Morgan fingerprint density at radius 2 is 2.26 bits per heavy atom. The first-order valence-corrected chi connectivity index (χ1v) is 7.17. The van der Waals surface area contributed by atoms with Crippen LogP contribution in [0.5, 0.6) is 0 Å². The summed E-state index contributed by atoms with van der Waals surface area (Å²) in [5, 5.41) is 6.88. The summed E-state index contributed by atoms with van der Waals surface area (Å²) in [6.45, 7) is 2.10. The molecule has 0 bridgehead atoms. The average molecular weight is 293 g/mol. The predicted molar refractivity (Wildman–Crippen MR) is 79.9 cm³/mol. The van der Waals surface area contributed by atoms with Gasteiger partial charge >= 0.3 is 0 Å². The lowest BCUT2D eigenvalue weighted by molar-refractivity contribution is 0.857. The second kappa shape index (κ2) is 4.83. The van der Waals surface area contributed by atoms with Crippen molar-refractivity contribution in [2.24, 2.45) is 7.05 Å². The van der Waals surface area contributed by atoms with Gasteiger partial charge in [0.1, 0.15) is 17.0 Å². The zero-order chi connectivity index (χ0) is 13.4. The fourth-order valence-corrected chi connectivity index (χ4v) is 3.15. The van der Waals surface area contributed by atoms with E-state index in [0.717, 1.165) is 16.0 Å². The highest BCUT2D eigenvalue weighted by molar-refractivity contribution is 7.17. The number of aromatic nitrogens is 3. The highest BCUT2D eigenvalue weighted by Gasteiger charge is 2.13. The van der Waals surface area contributed by atoms with Gasteiger partial charge in [-0.05, 0) is 18.6 Å². The zero-order valence-corrected chi connectivity index (χ0v) is 12.2. The number of halogens is 1. The van der Waals surface area contributed by atoms with Gasteiger partial charge in [0.05, 0.1) is 16.5 Å². The molecule has 0 fully saturated rings. The highest BCUT2D eigenvalue weighted by Crippen LogP contribution is 2.34. The van der Waals surface area contributed by atoms with E-state index >= 15 is 0 Å². The Morgan fingerprint density at radius 1 is 1.42 bits per heavy atom. The van der Waals surface area contributed by atoms with E-state index in [4.69, 9.17) is 11.6 Å². The van der Waals surface area contributed by atoms with E-state index in [1.54, 1.807) is 6.33 Å². The van der Waals surface area contributed by atoms with Crippen LogP contribution in [-0.2, 0) is 7.05 Å². The van der Waals surface area contributed by atoms with Gasteiger partial charge in [-0.3, -0.25) is 0 Å². The third-order valence-corrected chi connectivity index (χ3v) is 4.35. The van der Waals surface area contributed by atoms with Crippen LogP contribution >= 0.6 is 22.9 Å². The fourth-order valence-electron chi connectivity index (χ4n) is 2.02. The Hall–Kier alpha value is -1.59. The van der Waals surface area contributed by atoms with Crippen molar-refractivity contribution in [1.82, 2.24) is 14.5 Å². The number of anilines is 1. The van der Waals surface area contributed by atoms with Crippen LogP contribution in [0.25, 0.3) is 10.2 Å². The van der Waals surface area contributed by atoms with Gasteiger partial charge in [-0.15, -0.1) is 11.3 Å². The van der Waals surface area contributed by atoms with E-state index in [9.17, 15) is 0 Å². The van der Waals surface area contributed by atoms with Gasteiger partial charge in [-0.2, -0.15) is 0 Å². The molecule has 0 spiro atoms. The van der Waals surface area contributed by atoms with Crippen molar-refractivity contribution in [1.29, 1.82) is 0 Å². The van der Waals surface area contributed by atoms with Crippen molar-refractivity contribution < 1.29 is 0 Å². The summed E-state index contributed by atoms with van der Waals surface area (Å²) in [6.07, 6.45) is 5.68. The molecule has 0 aliphatic rings. The molecule has 0 aliphatic heterocycles. The third kappa shape index (κ3) is 2.31. The molecule has 1 atom stereocenters. The van der Waals surface area contributed by atoms with Crippen LogP contribution in [0.2, 0.25) is 5.02 Å². The number of fused-ring (bicyclic) bond motifs is 1. The third-order valence-electron chi connectivity index (χ3n) is 3.03. The van der Waals surface area contributed by atoms with Crippen LogP contribution in [0.3, 0.4) is 0 Å². The minimum Gasteiger partial charge on any atom is -0.363 e. The summed E-state index contributed by atoms with van der Waals surface area (Å²) in [5.41, 5.74) is 1.21. The summed E-state index contributed by atoms with van der Waals surface area (Å²) in [4.78, 5) is 9.44. The number of nitrogens with one attached hydrogen (secondary N) is 1. The van der Waals surface area contributed by atoms with Crippen molar-refractivity contribution in [3.05, 3.63) is 40.8 Å². The highest BCUT2D eigenvalue weighted by atomic mass is 35.5. The first-order chi connectivity index (χ1) is 9.15. The molecule has 0 aliphatic carbocycles. The van der Waals surface area contributed by atoms with Crippen LogP contribution in [0, 0.1) is 0 Å². The lowest BCUT2D eigenvalue weighted by Crippen LogP contribution is -2.07. The van der Waals surface area contributed by atoms with Crippen molar-refractivity contribution in [2.45, 2.75) is 13.0 Å². The van der Waals surface area contributed by atoms with Gasteiger partial charge in [0.15, 0.2) is 0 Å². The number of thiophene rings is 1. The normalized spacial score (nSPS) is 12.8. The number of rotatable bonds is 3.